The molecule has 0 saturated heterocycles. The van der Waals surface area contributed by atoms with Crippen LogP contribution in [0.25, 0.3) is 11.1 Å². The largest absolute Gasteiger partial charge is 0.455 e. The minimum Gasteiger partial charge on any atom is -0.455 e. The van der Waals surface area contributed by atoms with Crippen molar-refractivity contribution in [1.82, 2.24) is 15.2 Å². The minimum absolute atomic E-state index is 0.110. The number of amides is 1. The van der Waals surface area contributed by atoms with Crippen LogP contribution in [0.15, 0.2) is 44.4 Å². The molecule has 1 atom stereocenters. The second-order valence-corrected chi connectivity index (χ2v) is 8.43. The van der Waals surface area contributed by atoms with Gasteiger partial charge in [0.15, 0.2) is 11.3 Å². The van der Waals surface area contributed by atoms with Crippen LogP contribution in [0.1, 0.15) is 55.5 Å². The fourth-order valence-electron chi connectivity index (χ4n) is 3.37. The molecule has 3 rings (SSSR count). The number of hydrogen-bond donors (Lipinski definition) is 1. The lowest BCUT2D eigenvalue weighted by atomic mass is 10.1. The number of oxazole rings is 1. The Bertz CT molecular complexity index is 962. The topological polar surface area (TPSA) is 71.5 Å². The first-order valence-corrected chi connectivity index (χ1v) is 11.6. The van der Waals surface area contributed by atoms with Gasteiger partial charge in [-0.15, -0.1) is 0 Å². The number of aryl methyl sites for hydroxylation is 1. The van der Waals surface area contributed by atoms with Crippen molar-refractivity contribution in [3.05, 3.63) is 47.4 Å². The van der Waals surface area contributed by atoms with E-state index >= 15 is 0 Å². The van der Waals surface area contributed by atoms with Gasteiger partial charge in [-0.1, -0.05) is 37.7 Å². The molecular formula is C23H31N3O3S. The summed E-state index contributed by atoms with van der Waals surface area (Å²) < 4.78 is 11.5. The van der Waals surface area contributed by atoms with Gasteiger partial charge in [-0.2, -0.15) is 0 Å². The third kappa shape index (κ3) is 5.89. The number of rotatable bonds is 11. The summed E-state index contributed by atoms with van der Waals surface area (Å²) in [6.45, 7) is 11.6. The van der Waals surface area contributed by atoms with E-state index in [1.807, 2.05) is 38.1 Å². The Morgan fingerprint density at radius 2 is 2.00 bits per heavy atom. The molecular weight excluding hydrogens is 398 g/mol. The van der Waals surface area contributed by atoms with Crippen LogP contribution in [0, 0.1) is 6.92 Å². The van der Waals surface area contributed by atoms with Crippen LogP contribution < -0.4 is 5.32 Å². The van der Waals surface area contributed by atoms with Crippen molar-refractivity contribution in [2.45, 2.75) is 57.6 Å². The van der Waals surface area contributed by atoms with E-state index in [1.165, 1.54) is 11.8 Å². The number of nitrogens with zero attached hydrogens (tertiary/aromatic N) is 2. The molecule has 0 bridgehead atoms. The molecule has 0 aliphatic heterocycles. The summed E-state index contributed by atoms with van der Waals surface area (Å²) in [7, 11) is 0. The third-order valence-corrected chi connectivity index (χ3v) is 6.06. The molecule has 0 unspecified atom stereocenters. The molecule has 0 aliphatic carbocycles. The Balaban J connectivity index is 1.47. The molecule has 0 spiro atoms. The van der Waals surface area contributed by atoms with E-state index in [0.29, 0.717) is 16.7 Å². The van der Waals surface area contributed by atoms with Crippen LogP contribution in [0.4, 0.5) is 0 Å². The first kappa shape index (κ1) is 22.4. The van der Waals surface area contributed by atoms with E-state index in [1.54, 1.807) is 6.07 Å². The van der Waals surface area contributed by atoms with E-state index in [4.69, 9.17) is 8.83 Å². The summed E-state index contributed by atoms with van der Waals surface area (Å²) in [6.07, 6.45) is 2.01. The molecule has 0 saturated carbocycles. The van der Waals surface area contributed by atoms with Crippen molar-refractivity contribution in [3.8, 4) is 0 Å². The van der Waals surface area contributed by atoms with Crippen LogP contribution in [0.5, 0.6) is 0 Å². The lowest BCUT2D eigenvalue weighted by Crippen LogP contribution is -2.33. The third-order valence-electron chi connectivity index (χ3n) is 5.21. The minimum atomic E-state index is -0.168. The molecule has 0 fully saturated rings. The number of carbonyl (C=O) groups excluding carboxylic acids is 1. The van der Waals surface area contributed by atoms with Crippen molar-refractivity contribution in [2.75, 3.05) is 19.6 Å². The van der Waals surface area contributed by atoms with E-state index in [9.17, 15) is 4.79 Å². The van der Waals surface area contributed by atoms with Crippen LogP contribution in [0.3, 0.4) is 0 Å². The van der Waals surface area contributed by atoms with E-state index in [2.05, 4.69) is 29.0 Å². The first-order valence-electron chi connectivity index (χ1n) is 10.6. The highest BCUT2D eigenvalue weighted by Crippen LogP contribution is 2.28. The summed E-state index contributed by atoms with van der Waals surface area (Å²) in [4.78, 5) is 19.4. The van der Waals surface area contributed by atoms with E-state index < -0.39 is 0 Å². The fourth-order valence-corrected chi connectivity index (χ4v) is 4.09. The number of hydrogen-bond acceptors (Lipinski definition) is 6. The summed E-state index contributed by atoms with van der Waals surface area (Å²) in [5.41, 5.74) is 2.76. The molecule has 30 heavy (non-hydrogen) atoms. The van der Waals surface area contributed by atoms with Gasteiger partial charge in [-0.25, -0.2) is 4.98 Å². The molecule has 162 valence electrons. The summed E-state index contributed by atoms with van der Waals surface area (Å²) in [6, 6.07) is 9.56. The molecule has 1 N–H and O–H groups in total. The monoisotopic (exact) mass is 429 g/mol. The van der Waals surface area contributed by atoms with Gasteiger partial charge >= 0.3 is 0 Å². The van der Waals surface area contributed by atoms with Gasteiger partial charge in [0, 0.05) is 6.04 Å². The maximum absolute atomic E-state index is 12.5. The average Bonchev–Trinajstić information content (AvgIpc) is 3.37. The molecule has 7 heteroatoms. The zero-order valence-electron chi connectivity index (χ0n) is 18.2. The lowest BCUT2D eigenvalue weighted by Gasteiger charge is -2.19. The van der Waals surface area contributed by atoms with E-state index in [-0.39, 0.29) is 11.9 Å². The molecule has 6 nitrogen and oxygen atoms in total. The second-order valence-electron chi connectivity index (χ2n) is 7.50. The fraction of sp³-hybridized carbons (Fsp3) is 0.478. The van der Waals surface area contributed by atoms with Crippen molar-refractivity contribution in [2.24, 2.45) is 0 Å². The number of aromatic nitrogens is 1. The molecule has 3 aromatic rings. The van der Waals surface area contributed by atoms with Gasteiger partial charge in [0.25, 0.3) is 11.1 Å². The van der Waals surface area contributed by atoms with Gasteiger partial charge in [-0.3, -0.25) is 4.79 Å². The Kier molecular flexibility index (Phi) is 7.99. The Hall–Kier alpha value is -2.25. The molecule has 1 amide bonds. The van der Waals surface area contributed by atoms with Crippen LogP contribution >= 0.6 is 11.8 Å². The van der Waals surface area contributed by atoms with Crippen molar-refractivity contribution in [1.29, 1.82) is 0 Å². The predicted molar refractivity (Wildman–Crippen MR) is 121 cm³/mol. The van der Waals surface area contributed by atoms with Gasteiger partial charge in [0.1, 0.15) is 11.3 Å². The molecule has 2 aromatic heterocycles. The van der Waals surface area contributed by atoms with Crippen LogP contribution in [-0.2, 0) is 5.75 Å². The predicted octanol–water partition coefficient (Wildman–Crippen LogP) is 5.26. The van der Waals surface area contributed by atoms with Crippen LogP contribution in [0.2, 0.25) is 0 Å². The zero-order chi connectivity index (χ0) is 21.5. The number of thioether (sulfide) groups is 1. The maximum atomic E-state index is 12.5. The standard InChI is InChI=1S/C23H31N3O3S/c1-5-26(6-2)14-8-10-17(4)24-22(27)20-13-12-18(28-20)15-30-23-25-21-16(3)9-7-11-19(21)29-23/h7,9,11-13,17H,5-6,8,10,14-15H2,1-4H3,(H,24,27)/t17-/m1/s1. The number of carbonyl (C=O) groups is 1. The highest BCUT2D eigenvalue weighted by atomic mass is 32.2. The smallest absolute Gasteiger partial charge is 0.287 e. The van der Waals surface area contributed by atoms with Crippen molar-refractivity contribution >= 4 is 28.8 Å². The lowest BCUT2D eigenvalue weighted by molar-refractivity contribution is 0.0908. The average molecular weight is 430 g/mol. The molecule has 0 radical (unpaired) electrons. The first-order chi connectivity index (χ1) is 14.5. The Morgan fingerprint density at radius 1 is 1.20 bits per heavy atom. The highest BCUT2D eigenvalue weighted by Gasteiger charge is 2.15. The number of benzene rings is 1. The Morgan fingerprint density at radius 3 is 2.73 bits per heavy atom. The van der Waals surface area contributed by atoms with Gasteiger partial charge < -0.3 is 19.1 Å². The van der Waals surface area contributed by atoms with Gasteiger partial charge in [0.05, 0.1) is 5.75 Å². The number of nitrogens with one attached hydrogen (secondary N) is 1. The van der Waals surface area contributed by atoms with Crippen molar-refractivity contribution < 1.29 is 13.6 Å². The maximum Gasteiger partial charge on any atom is 0.287 e. The quantitative estimate of drug-likeness (QED) is 0.419. The molecule has 1 aromatic carbocycles. The van der Waals surface area contributed by atoms with Gasteiger partial charge in [0.2, 0.25) is 0 Å². The normalized spacial score (nSPS) is 12.6. The number of para-hydroxylation sites is 1. The zero-order valence-corrected chi connectivity index (χ0v) is 19.1. The number of furan rings is 1. The second kappa shape index (κ2) is 10.7. The van der Waals surface area contributed by atoms with Crippen LogP contribution in [-0.4, -0.2) is 41.5 Å². The Labute approximate surface area is 182 Å². The number of fused-ring (bicyclic) bond motifs is 1. The molecule has 2 heterocycles. The summed E-state index contributed by atoms with van der Waals surface area (Å²) in [5, 5.41) is 3.63. The SMILES string of the molecule is CCN(CC)CCC[C@@H](C)NC(=O)c1ccc(CSc2nc3c(C)cccc3o2)o1. The highest BCUT2D eigenvalue weighted by molar-refractivity contribution is 7.98. The molecule has 0 aliphatic rings. The van der Waals surface area contributed by atoms with Crippen molar-refractivity contribution in [3.63, 3.8) is 0 Å². The van der Waals surface area contributed by atoms with Gasteiger partial charge in [-0.05, 0) is 70.1 Å². The van der Waals surface area contributed by atoms with E-state index in [0.717, 1.165) is 54.9 Å². The summed E-state index contributed by atoms with van der Waals surface area (Å²) in [5.74, 6) is 1.45. The summed E-state index contributed by atoms with van der Waals surface area (Å²) >= 11 is 1.46.